The standard InChI is InChI=1S/C16H16ClNO3/c1-21-13-6-2-11(3-7-13)4-9-16(20)18-12-5-8-15(19)14(17)10-12/h2-3,5-8,10,19H,4,9H2,1H3,(H,18,20). The quantitative estimate of drug-likeness (QED) is 0.829. The molecule has 0 atom stereocenters. The van der Waals surface area contributed by atoms with Crippen molar-refractivity contribution < 1.29 is 14.6 Å². The minimum atomic E-state index is -0.104. The Morgan fingerprint density at radius 1 is 1.24 bits per heavy atom. The molecule has 0 aliphatic carbocycles. The van der Waals surface area contributed by atoms with Crippen molar-refractivity contribution in [2.24, 2.45) is 0 Å². The Morgan fingerprint density at radius 3 is 2.57 bits per heavy atom. The molecule has 0 aromatic heterocycles. The summed E-state index contributed by atoms with van der Waals surface area (Å²) in [6, 6.07) is 12.2. The number of carbonyl (C=O) groups is 1. The zero-order valence-electron chi connectivity index (χ0n) is 11.6. The van der Waals surface area contributed by atoms with Gasteiger partial charge in [-0.1, -0.05) is 23.7 Å². The predicted octanol–water partition coefficient (Wildman–Crippen LogP) is 3.63. The van der Waals surface area contributed by atoms with Crippen molar-refractivity contribution in [2.75, 3.05) is 12.4 Å². The SMILES string of the molecule is COc1ccc(CCC(=O)Nc2ccc(O)c(Cl)c2)cc1. The Hall–Kier alpha value is -2.20. The van der Waals surface area contributed by atoms with E-state index < -0.39 is 0 Å². The summed E-state index contributed by atoms with van der Waals surface area (Å²) in [4.78, 5) is 11.9. The summed E-state index contributed by atoms with van der Waals surface area (Å²) in [5, 5.41) is 12.3. The van der Waals surface area contributed by atoms with Gasteiger partial charge in [-0.05, 0) is 42.3 Å². The van der Waals surface area contributed by atoms with Crippen LogP contribution in [0.1, 0.15) is 12.0 Å². The number of phenolic OH excluding ortho intramolecular Hbond substituents is 1. The fourth-order valence-electron chi connectivity index (χ4n) is 1.86. The van der Waals surface area contributed by atoms with Crippen molar-refractivity contribution >= 4 is 23.2 Å². The second kappa shape index (κ2) is 6.99. The normalized spacial score (nSPS) is 10.2. The number of hydrogen-bond acceptors (Lipinski definition) is 3. The first-order valence-electron chi connectivity index (χ1n) is 6.50. The van der Waals surface area contributed by atoms with Gasteiger partial charge in [-0.3, -0.25) is 4.79 Å². The van der Waals surface area contributed by atoms with Gasteiger partial charge in [0.2, 0.25) is 5.91 Å². The van der Waals surface area contributed by atoms with Crippen LogP contribution >= 0.6 is 11.6 Å². The third-order valence-corrected chi connectivity index (χ3v) is 3.33. The number of benzene rings is 2. The van der Waals surface area contributed by atoms with Gasteiger partial charge in [0.25, 0.3) is 0 Å². The van der Waals surface area contributed by atoms with Gasteiger partial charge in [0.15, 0.2) is 0 Å². The summed E-state index contributed by atoms with van der Waals surface area (Å²) >= 11 is 5.79. The van der Waals surface area contributed by atoms with E-state index in [4.69, 9.17) is 16.3 Å². The van der Waals surface area contributed by atoms with Crippen LogP contribution in [0, 0.1) is 0 Å². The van der Waals surface area contributed by atoms with Crippen LogP contribution in [0.2, 0.25) is 5.02 Å². The number of nitrogens with one attached hydrogen (secondary N) is 1. The number of ether oxygens (including phenoxy) is 1. The van der Waals surface area contributed by atoms with Crippen molar-refractivity contribution in [3.8, 4) is 11.5 Å². The van der Waals surface area contributed by atoms with E-state index in [0.29, 0.717) is 18.5 Å². The van der Waals surface area contributed by atoms with Crippen LogP contribution < -0.4 is 10.1 Å². The molecule has 4 nitrogen and oxygen atoms in total. The van der Waals surface area contributed by atoms with Crippen LogP contribution in [0.25, 0.3) is 0 Å². The molecular formula is C16H16ClNO3. The Labute approximate surface area is 128 Å². The Balaban J connectivity index is 1.87. The van der Waals surface area contributed by atoms with Gasteiger partial charge in [-0.25, -0.2) is 0 Å². The van der Waals surface area contributed by atoms with Crippen molar-refractivity contribution in [2.45, 2.75) is 12.8 Å². The average Bonchev–Trinajstić information content (AvgIpc) is 2.49. The second-order valence-electron chi connectivity index (χ2n) is 4.56. The minimum absolute atomic E-state index is 0.00658. The number of hydrogen-bond donors (Lipinski definition) is 2. The molecule has 2 aromatic carbocycles. The first-order valence-corrected chi connectivity index (χ1v) is 6.87. The van der Waals surface area contributed by atoms with Crippen molar-refractivity contribution in [1.29, 1.82) is 0 Å². The third-order valence-electron chi connectivity index (χ3n) is 3.03. The topological polar surface area (TPSA) is 58.6 Å². The van der Waals surface area contributed by atoms with Gasteiger partial charge in [0, 0.05) is 12.1 Å². The number of amides is 1. The van der Waals surface area contributed by atoms with E-state index in [2.05, 4.69) is 5.32 Å². The molecule has 0 fully saturated rings. The van der Waals surface area contributed by atoms with Gasteiger partial charge >= 0.3 is 0 Å². The van der Waals surface area contributed by atoms with Crippen LogP contribution in [-0.2, 0) is 11.2 Å². The highest BCUT2D eigenvalue weighted by molar-refractivity contribution is 6.32. The number of carbonyl (C=O) groups excluding carboxylic acids is 1. The number of aryl methyl sites for hydroxylation is 1. The lowest BCUT2D eigenvalue weighted by Crippen LogP contribution is -2.12. The molecule has 5 heteroatoms. The van der Waals surface area contributed by atoms with Crippen LogP contribution in [-0.4, -0.2) is 18.1 Å². The molecule has 2 N–H and O–H groups in total. The average molecular weight is 306 g/mol. The van der Waals surface area contributed by atoms with Crippen molar-refractivity contribution in [3.63, 3.8) is 0 Å². The third kappa shape index (κ3) is 4.39. The van der Waals surface area contributed by atoms with E-state index in [1.807, 2.05) is 24.3 Å². The molecule has 0 radical (unpaired) electrons. The molecule has 0 heterocycles. The summed E-state index contributed by atoms with van der Waals surface area (Å²) < 4.78 is 5.08. The highest BCUT2D eigenvalue weighted by Gasteiger charge is 2.05. The van der Waals surface area contributed by atoms with Crippen molar-refractivity contribution in [1.82, 2.24) is 0 Å². The van der Waals surface area contributed by atoms with Crippen LogP contribution in [0.3, 0.4) is 0 Å². The zero-order valence-corrected chi connectivity index (χ0v) is 12.4. The predicted molar refractivity (Wildman–Crippen MR) is 83.1 cm³/mol. The van der Waals surface area contributed by atoms with Crippen LogP contribution in [0.4, 0.5) is 5.69 Å². The summed E-state index contributed by atoms with van der Waals surface area (Å²) in [6.45, 7) is 0. The number of anilines is 1. The summed E-state index contributed by atoms with van der Waals surface area (Å²) in [5.41, 5.74) is 1.63. The minimum Gasteiger partial charge on any atom is -0.506 e. The molecule has 2 rings (SSSR count). The van der Waals surface area contributed by atoms with E-state index >= 15 is 0 Å². The molecule has 21 heavy (non-hydrogen) atoms. The molecule has 0 aliphatic heterocycles. The van der Waals surface area contributed by atoms with Crippen LogP contribution in [0.5, 0.6) is 11.5 Å². The highest BCUT2D eigenvalue weighted by Crippen LogP contribution is 2.26. The largest absolute Gasteiger partial charge is 0.506 e. The zero-order chi connectivity index (χ0) is 15.2. The number of methoxy groups -OCH3 is 1. The second-order valence-corrected chi connectivity index (χ2v) is 4.97. The first kappa shape index (κ1) is 15.2. The molecule has 110 valence electrons. The molecule has 2 aromatic rings. The highest BCUT2D eigenvalue weighted by atomic mass is 35.5. The lowest BCUT2D eigenvalue weighted by molar-refractivity contribution is -0.116. The van der Waals surface area contributed by atoms with Gasteiger partial charge in [-0.2, -0.15) is 0 Å². The summed E-state index contributed by atoms with van der Waals surface area (Å²) in [5.74, 6) is 0.683. The molecule has 0 spiro atoms. The summed E-state index contributed by atoms with van der Waals surface area (Å²) in [6.07, 6.45) is 1.01. The maximum absolute atomic E-state index is 11.9. The lowest BCUT2D eigenvalue weighted by Gasteiger charge is -2.07. The molecule has 0 unspecified atom stereocenters. The number of aromatic hydroxyl groups is 1. The van der Waals surface area contributed by atoms with Crippen LogP contribution in [0.15, 0.2) is 42.5 Å². The van der Waals surface area contributed by atoms with E-state index in [1.165, 1.54) is 12.1 Å². The molecule has 0 saturated heterocycles. The lowest BCUT2D eigenvalue weighted by atomic mass is 10.1. The molecule has 0 aliphatic rings. The van der Waals surface area contributed by atoms with Crippen molar-refractivity contribution in [3.05, 3.63) is 53.1 Å². The van der Waals surface area contributed by atoms with Gasteiger partial charge in [0.05, 0.1) is 12.1 Å². The monoisotopic (exact) mass is 305 g/mol. The summed E-state index contributed by atoms with van der Waals surface area (Å²) in [7, 11) is 1.62. The fraction of sp³-hybridized carbons (Fsp3) is 0.188. The Bertz CT molecular complexity index is 626. The maximum atomic E-state index is 11.9. The molecule has 0 saturated carbocycles. The smallest absolute Gasteiger partial charge is 0.224 e. The maximum Gasteiger partial charge on any atom is 0.224 e. The number of halogens is 1. The number of phenols is 1. The first-order chi connectivity index (χ1) is 10.1. The van der Waals surface area contributed by atoms with E-state index in [1.54, 1.807) is 13.2 Å². The Morgan fingerprint density at radius 2 is 1.95 bits per heavy atom. The van der Waals surface area contributed by atoms with E-state index in [0.717, 1.165) is 11.3 Å². The molecule has 0 bridgehead atoms. The van der Waals surface area contributed by atoms with E-state index in [-0.39, 0.29) is 16.7 Å². The number of rotatable bonds is 5. The van der Waals surface area contributed by atoms with Gasteiger partial charge in [-0.15, -0.1) is 0 Å². The fourth-order valence-corrected chi connectivity index (χ4v) is 2.04. The van der Waals surface area contributed by atoms with E-state index in [9.17, 15) is 9.90 Å². The Kier molecular flexibility index (Phi) is 5.06. The molecular weight excluding hydrogens is 290 g/mol. The van der Waals surface area contributed by atoms with Gasteiger partial charge in [0.1, 0.15) is 11.5 Å². The van der Waals surface area contributed by atoms with Gasteiger partial charge < -0.3 is 15.2 Å². The molecule has 1 amide bonds.